The number of aromatic nitrogens is 4. The molecule has 2 aliphatic rings. The Balaban J connectivity index is 1.49. The average Bonchev–Trinajstić information content (AvgIpc) is 3.23. The number of rotatable bonds is 4. The Kier molecular flexibility index (Phi) is 4.18. The second kappa shape index (κ2) is 6.45. The van der Waals surface area contributed by atoms with Crippen molar-refractivity contribution in [2.45, 2.75) is 32.5 Å². The van der Waals surface area contributed by atoms with Crippen LogP contribution in [0.15, 0.2) is 24.8 Å². The summed E-state index contributed by atoms with van der Waals surface area (Å²) in [7, 11) is 1.98. The van der Waals surface area contributed by atoms with Gasteiger partial charge in [0.25, 0.3) is 0 Å². The Morgan fingerprint density at radius 2 is 2.04 bits per heavy atom. The fourth-order valence-electron chi connectivity index (χ4n) is 4.00. The van der Waals surface area contributed by atoms with Crippen molar-refractivity contribution in [3.8, 4) is 0 Å². The number of hydrogen-bond acceptors (Lipinski definition) is 4. The highest BCUT2D eigenvalue weighted by atomic mass is 15.3. The molecule has 2 aromatic heterocycles. The summed E-state index contributed by atoms with van der Waals surface area (Å²) in [5.41, 5.74) is 1.28. The summed E-state index contributed by atoms with van der Waals surface area (Å²) >= 11 is 0. The zero-order valence-corrected chi connectivity index (χ0v) is 13.9. The highest BCUT2D eigenvalue weighted by molar-refractivity contribution is 5.05. The van der Waals surface area contributed by atoms with Gasteiger partial charge in [0, 0.05) is 63.3 Å². The van der Waals surface area contributed by atoms with E-state index >= 15 is 0 Å². The van der Waals surface area contributed by atoms with Crippen LogP contribution < -0.4 is 0 Å². The Labute approximate surface area is 137 Å². The maximum atomic E-state index is 4.57. The van der Waals surface area contributed by atoms with Crippen molar-refractivity contribution in [2.75, 3.05) is 26.2 Å². The summed E-state index contributed by atoms with van der Waals surface area (Å²) in [6.45, 7) is 7.87. The number of hydrogen-bond donors (Lipinski definition) is 0. The Morgan fingerprint density at radius 3 is 2.83 bits per heavy atom. The summed E-state index contributed by atoms with van der Waals surface area (Å²) in [6, 6.07) is 0. The summed E-state index contributed by atoms with van der Waals surface area (Å²) in [5.74, 6) is 1.86. The van der Waals surface area contributed by atoms with Gasteiger partial charge in [0.15, 0.2) is 0 Å². The normalized spacial score (nSPS) is 23.1. The maximum Gasteiger partial charge on any atom is 0.122 e. The van der Waals surface area contributed by atoms with E-state index in [9.17, 15) is 0 Å². The molecular weight excluding hydrogens is 288 g/mol. The lowest BCUT2D eigenvalue weighted by Crippen LogP contribution is -2.35. The van der Waals surface area contributed by atoms with Gasteiger partial charge in [-0.25, -0.2) is 4.98 Å². The van der Waals surface area contributed by atoms with Gasteiger partial charge in [-0.15, -0.1) is 0 Å². The molecule has 0 amide bonds. The van der Waals surface area contributed by atoms with Crippen LogP contribution in [0.25, 0.3) is 0 Å². The zero-order valence-electron chi connectivity index (χ0n) is 13.9. The lowest BCUT2D eigenvalue weighted by molar-refractivity contribution is 0.182. The first kappa shape index (κ1) is 14.9. The van der Waals surface area contributed by atoms with E-state index in [2.05, 4.69) is 36.8 Å². The number of likely N-dealkylation sites (tertiary alicyclic amines) is 1. The molecule has 4 heterocycles. The molecule has 0 aliphatic carbocycles. The van der Waals surface area contributed by atoms with Crippen molar-refractivity contribution in [2.24, 2.45) is 13.0 Å². The van der Waals surface area contributed by atoms with Crippen molar-refractivity contribution in [1.29, 1.82) is 0 Å². The molecule has 124 valence electrons. The molecule has 1 atom stereocenters. The van der Waals surface area contributed by atoms with Crippen LogP contribution in [-0.4, -0.2) is 55.3 Å². The summed E-state index contributed by atoms with van der Waals surface area (Å²) < 4.78 is 4.24. The predicted octanol–water partition coefficient (Wildman–Crippen LogP) is 1.34. The molecule has 2 aliphatic heterocycles. The second-order valence-corrected chi connectivity index (χ2v) is 7.06. The molecule has 0 radical (unpaired) electrons. The average molecular weight is 314 g/mol. The number of fused-ring (bicyclic) bond motifs is 1. The highest BCUT2D eigenvalue weighted by Gasteiger charge is 2.25. The van der Waals surface area contributed by atoms with E-state index in [1.165, 1.54) is 43.9 Å². The minimum absolute atomic E-state index is 0.667. The van der Waals surface area contributed by atoms with Gasteiger partial charge in [-0.3, -0.25) is 9.58 Å². The monoisotopic (exact) mass is 314 g/mol. The van der Waals surface area contributed by atoms with Gasteiger partial charge < -0.3 is 9.47 Å². The summed E-state index contributed by atoms with van der Waals surface area (Å²) in [4.78, 5) is 9.73. The standard InChI is InChI=1S/C17H26N6/c1-20-9-15(8-19-20)10-22-12-16(11-21-5-2-3-6-21)13-23-7-4-18-17(23)14-22/h4,7-9,16H,2-3,5-6,10-14H2,1H3/t16-/m0/s1. The molecule has 6 heteroatoms. The van der Waals surface area contributed by atoms with Gasteiger partial charge in [0.2, 0.25) is 0 Å². The van der Waals surface area contributed by atoms with E-state index in [-0.39, 0.29) is 0 Å². The predicted molar refractivity (Wildman–Crippen MR) is 88.7 cm³/mol. The lowest BCUT2D eigenvalue weighted by Gasteiger charge is -2.26. The Morgan fingerprint density at radius 1 is 1.17 bits per heavy atom. The highest BCUT2D eigenvalue weighted by Crippen LogP contribution is 2.20. The topological polar surface area (TPSA) is 42.1 Å². The number of aryl methyl sites for hydroxylation is 1. The van der Waals surface area contributed by atoms with Crippen molar-refractivity contribution < 1.29 is 0 Å². The summed E-state index contributed by atoms with van der Waals surface area (Å²) in [6.07, 6.45) is 10.9. The molecule has 4 rings (SSSR count). The first-order chi connectivity index (χ1) is 11.3. The van der Waals surface area contributed by atoms with Gasteiger partial charge in [-0.2, -0.15) is 5.10 Å². The van der Waals surface area contributed by atoms with E-state index in [1.54, 1.807) is 0 Å². The molecule has 0 N–H and O–H groups in total. The van der Waals surface area contributed by atoms with E-state index < -0.39 is 0 Å². The van der Waals surface area contributed by atoms with Crippen LogP contribution in [0, 0.1) is 5.92 Å². The largest absolute Gasteiger partial charge is 0.333 e. The molecule has 0 unspecified atom stereocenters. The van der Waals surface area contributed by atoms with Crippen LogP contribution in [0.4, 0.5) is 0 Å². The first-order valence-electron chi connectivity index (χ1n) is 8.68. The fourth-order valence-corrected chi connectivity index (χ4v) is 4.00. The van der Waals surface area contributed by atoms with E-state index in [4.69, 9.17) is 0 Å². The maximum absolute atomic E-state index is 4.57. The van der Waals surface area contributed by atoms with Crippen LogP contribution in [0.1, 0.15) is 24.2 Å². The van der Waals surface area contributed by atoms with Gasteiger partial charge in [0.05, 0.1) is 12.7 Å². The van der Waals surface area contributed by atoms with Gasteiger partial charge in [0.1, 0.15) is 5.82 Å². The SMILES string of the molecule is Cn1cc(CN2Cc3nccn3C[C@@H](CN3CCCC3)C2)cn1. The quantitative estimate of drug-likeness (QED) is 0.854. The summed E-state index contributed by atoms with van der Waals surface area (Å²) in [5, 5.41) is 4.30. The van der Waals surface area contributed by atoms with Crippen molar-refractivity contribution in [3.05, 3.63) is 36.2 Å². The smallest absolute Gasteiger partial charge is 0.122 e. The van der Waals surface area contributed by atoms with Gasteiger partial charge in [-0.05, 0) is 25.9 Å². The van der Waals surface area contributed by atoms with Crippen LogP contribution in [-0.2, 0) is 26.7 Å². The van der Waals surface area contributed by atoms with E-state index in [0.717, 1.165) is 26.2 Å². The minimum Gasteiger partial charge on any atom is -0.333 e. The Bertz CT molecular complexity index is 639. The molecule has 0 aromatic carbocycles. The molecular formula is C17H26N6. The second-order valence-electron chi connectivity index (χ2n) is 7.06. The molecule has 0 bridgehead atoms. The fraction of sp³-hybridized carbons (Fsp3) is 0.647. The number of imidazole rings is 1. The molecule has 1 saturated heterocycles. The van der Waals surface area contributed by atoms with E-state index in [1.807, 2.05) is 24.1 Å². The zero-order chi connectivity index (χ0) is 15.6. The first-order valence-corrected chi connectivity index (χ1v) is 8.68. The van der Waals surface area contributed by atoms with Crippen LogP contribution >= 0.6 is 0 Å². The molecule has 0 spiro atoms. The Hall–Kier alpha value is -1.66. The molecule has 1 fully saturated rings. The molecule has 6 nitrogen and oxygen atoms in total. The molecule has 23 heavy (non-hydrogen) atoms. The third-order valence-corrected chi connectivity index (χ3v) is 5.02. The van der Waals surface area contributed by atoms with Crippen molar-refractivity contribution in [3.63, 3.8) is 0 Å². The number of nitrogens with zero attached hydrogens (tertiary/aromatic N) is 6. The molecule has 2 aromatic rings. The van der Waals surface area contributed by atoms with Gasteiger partial charge >= 0.3 is 0 Å². The van der Waals surface area contributed by atoms with Crippen molar-refractivity contribution in [1.82, 2.24) is 29.1 Å². The van der Waals surface area contributed by atoms with Gasteiger partial charge in [-0.1, -0.05) is 0 Å². The third-order valence-electron chi connectivity index (χ3n) is 5.02. The lowest BCUT2D eigenvalue weighted by atomic mass is 10.1. The van der Waals surface area contributed by atoms with Crippen LogP contribution in [0.2, 0.25) is 0 Å². The minimum atomic E-state index is 0.667. The van der Waals surface area contributed by atoms with Crippen LogP contribution in [0.5, 0.6) is 0 Å². The third kappa shape index (κ3) is 3.48. The van der Waals surface area contributed by atoms with Crippen LogP contribution in [0.3, 0.4) is 0 Å². The van der Waals surface area contributed by atoms with E-state index in [0.29, 0.717) is 5.92 Å². The van der Waals surface area contributed by atoms with Crippen molar-refractivity contribution >= 4 is 0 Å². The molecule has 0 saturated carbocycles.